The first-order valence-electron chi connectivity index (χ1n) is 11.4. The van der Waals surface area contributed by atoms with Crippen molar-refractivity contribution in [1.82, 2.24) is 19.9 Å². The zero-order chi connectivity index (χ0) is 22.2. The summed E-state index contributed by atoms with van der Waals surface area (Å²) in [5.41, 5.74) is 1.77. The van der Waals surface area contributed by atoms with E-state index in [0.717, 1.165) is 50.2 Å². The van der Waals surface area contributed by atoms with Gasteiger partial charge < -0.3 is 15.4 Å². The Labute approximate surface area is 186 Å². The Bertz CT molecular complexity index is 1110. The van der Waals surface area contributed by atoms with Crippen LogP contribution in [0, 0.1) is 5.92 Å². The monoisotopic (exact) mass is 436 g/mol. The molecule has 1 saturated heterocycles. The van der Waals surface area contributed by atoms with Gasteiger partial charge in [-0.25, -0.2) is 4.98 Å². The fourth-order valence-electron chi connectivity index (χ4n) is 4.63. The quantitative estimate of drug-likeness (QED) is 0.451. The average molecular weight is 437 g/mol. The Balaban J connectivity index is 1.40. The highest BCUT2D eigenvalue weighted by molar-refractivity contribution is 6.15. The maximum Gasteiger partial charge on any atom is 0.254 e. The van der Waals surface area contributed by atoms with E-state index in [-0.39, 0.29) is 24.0 Å². The third-order valence-electron chi connectivity index (χ3n) is 6.43. The third-order valence-corrected chi connectivity index (χ3v) is 6.43. The number of fused-ring (bicyclic) bond motifs is 1. The van der Waals surface area contributed by atoms with Crippen LogP contribution in [0.3, 0.4) is 0 Å². The molecule has 168 valence electrons. The number of nitrogens with zero attached hydrogens (tertiary/aromatic N) is 3. The third kappa shape index (κ3) is 4.51. The van der Waals surface area contributed by atoms with Gasteiger partial charge in [-0.05, 0) is 57.4 Å². The van der Waals surface area contributed by atoms with Crippen LogP contribution in [0.15, 0.2) is 17.8 Å². The molecule has 2 aromatic heterocycles. The number of ketones is 1. The number of nitrogens with one attached hydrogen (secondary N) is 3. The number of carbonyl (C=O) groups excluding carboxylic acids is 3. The SMILES string of the molecule is CC(=O)CC1CCC(Nc2cc(NC3CC3)n3ncc(/C=C4\CC(=O)NC4=O)c3n2)CC1. The van der Waals surface area contributed by atoms with Crippen molar-refractivity contribution in [3.05, 3.63) is 23.4 Å². The van der Waals surface area contributed by atoms with Gasteiger partial charge in [0, 0.05) is 35.7 Å². The molecule has 1 aliphatic heterocycles. The van der Waals surface area contributed by atoms with Crippen LogP contribution < -0.4 is 16.0 Å². The molecular weight excluding hydrogens is 408 g/mol. The lowest BCUT2D eigenvalue weighted by Gasteiger charge is -2.29. The van der Waals surface area contributed by atoms with Gasteiger partial charge >= 0.3 is 0 Å². The molecule has 0 atom stereocenters. The van der Waals surface area contributed by atoms with Crippen molar-refractivity contribution in [3.63, 3.8) is 0 Å². The van der Waals surface area contributed by atoms with E-state index in [0.29, 0.717) is 41.2 Å². The zero-order valence-electron chi connectivity index (χ0n) is 18.2. The molecule has 2 aromatic rings. The number of aromatic nitrogens is 3. The minimum Gasteiger partial charge on any atom is -0.367 e. The number of carbonyl (C=O) groups is 3. The summed E-state index contributed by atoms with van der Waals surface area (Å²) in [6, 6.07) is 2.74. The summed E-state index contributed by atoms with van der Waals surface area (Å²) in [4.78, 5) is 39.8. The lowest BCUT2D eigenvalue weighted by atomic mass is 9.83. The molecule has 2 saturated carbocycles. The highest BCUT2D eigenvalue weighted by Gasteiger charge is 2.27. The Morgan fingerprint density at radius 1 is 1.16 bits per heavy atom. The fourth-order valence-corrected chi connectivity index (χ4v) is 4.63. The van der Waals surface area contributed by atoms with Gasteiger partial charge in [-0.3, -0.25) is 14.9 Å². The zero-order valence-corrected chi connectivity index (χ0v) is 18.2. The molecule has 0 radical (unpaired) electrons. The van der Waals surface area contributed by atoms with Crippen molar-refractivity contribution in [2.45, 2.75) is 70.4 Å². The molecule has 0 bridgehead atoms. The molecule has 9 nitrogen and oxygen atoms in total. The number of Topliss-reactive ketones (excluding diaryl/α,β-unsaturated/α-hetero) is 1. The maximum absolute atomic E-state index is 12.0. The summed E-state index contributed by atoms with van der Waals surface area (Å²) >= 11 is 0. The molecule has 3 heterocycles. The van der Waals surface area contributed by atoms with Crippen LogP contribution in [0.1, 0.15) is 63.9 Å². The van der Waals surface area contributed by atoms with Gasteiger partial charge in [0.15, 0.2) is 5.65 Å². The van der Waals surface area contributed by atoms with Crippen molar-refractivity contribution in [1.29, 1.82) is 0 Å². The summed E-state index contributed by atoms with van der Waals surface area (Å²) in [6.45, 7) is 1.67. The largest absolute Gasteiger partial charge is 0.367 e. The van der Waals surface area contributed by atoms with E-state index in [1.165, 1.54) is 0 Å². The first-order valence-corrected chi connectivity index (χ1v) is 11.4. The molecule has 3 N–H and O–H groups in total. The van der Waals surface area contributed by atoms with Crippen LogP contribution in [-0.2, 0) is 14.4 Å². The van der Waals surface area contributed by atoms with Crippen LogP contribution in [0.4, 0.5) is 11.6 Å². The van der Waals surface area contributed by atoms with Crippen molar-refractivity contribution in [2.75, 3.05) is 10.6 Å². The topological polar surface area (TPSA) is 117 Å². The van der Waals surface area contributed by atoms with E-state index in [1.54, 1.807) is 23.7 Å². The summed E-state index contributed by atoms with van der Waals surface area (Å²) < 4.78 is 1.76. The maximum atomic E-state index is 12.0. The normalized spacial score (nSPS) is 24.7. The van der Waals surface area contributed by atoms with Gasteiger partial charge in [0.25, 0.3) is 5.91 Å². The minimum atomic E-state index is -0.359. The summed E-state index contributed by atoms with van der Waals surface area (Å²) in [5.74, 6) is 1.74. The van der Waals surface area contributed by atoms with Crippen LogP contribution in [0.25, 0.3) is 11.7 Å². The second kappa shape index (κ2) is 8.37. The Kier molecular flexibility index (Phi) is 5.40. The number of rotatable bonds is 7. The van der Waals surface area contributed by atoms with Crippen molar-refractivity contribution in [3.8, 4) is 0 Å². The number of hydrogen-bond donors (Lipinski definition) is 3. The van der Waals surface area contributed by atoms with Crippen LogP contribution in [0.2, 0.25) is 0 Å². The molecular formula is C23H28N6O3. The predicted octanol–water partition coefficient (Wildman–Crippen LogP) is 2.68. The second-order valence-electron chi connectivity index (χ2n) is 9.27. The van der Waals surface area contributed by atoms with Gasteiger partial charge in [0.05, 0.1) is 12.6 Å². The molecule has 5 rings (SSSR count). The van der Waals surface area contributed by atoms with E-state index >= 15 is 0 Å². The van der Waals surface area contributed by atoms with E-state index in [1.807, 2.05) is 6.07 Å². The summed E-state index contributed by atoms with van der Waals surface area (Å²) in [6.07, 6.45) is 10.5. The minimum absolute atomic E-state index is 0.0742. The van der Waals surface area contributed by atoms with Gasteiger partial charge in [-0.1, -0.05) is 0 Å². The van der Waals surface area contributed by atoms with Crippen molar-refractivity contribution in [2.24, 2.45) is 5.92 Å². The first kappa shape index (κ1) is 20.7. The highest BCUT2D eigenvalue weighted by atomic mass is 16.2. The van der Waals surface area contributed by atoms with Gasteiger partial charge in [0.1, 0.15) is 17.4 Å². The van der Waals surface area contributed by atoms with Crippen LogP contribution in [-0.4, -0.2) is 44.3 Å². The van der Waals surface area contributed by atoms with Gasteiger partial charge in [-0.2, -0.15) is 9.61 Å². The van der Waals surface area contributed by atoms with Crippen molar-refractivity contribution >= 4 is 41.0 Å². The molecule has 0 aromatic carbocycles. The summed E-state index contributed by atoms with van der Waals surface area (Å²) in [5, 5.41) is 13.9. The van der Waals surface area contributed by atoms with Crippen molar-refractivity contribution < 1.29 is 14.4 Å². The number of imide groups is 1. The fraction of sp³-hybridized carbons (Fsp3) is 0.522. The average Bonchev–Trinajstić information content (AvgIpc) is 3.38. The lowest BCUT2D eigenvalue weighted by molar-refractivity contribution is -0.124. The van der Waals surface area contributed by atoms with Gasteiger partial charge in [-0.15, -0.1) is 0 Å². The predicted molar refractivity (Wildman–Crippen MR) is 120 cm³/mol. The number of hydrogen-bond acceptors (Lipinski definition) is 7. The lowest BCUT2D eigenvalue weighted by Crippen LogP contribution is -2.27. The summed E-state index contributed by atoms with van der Waals surface area (Å²) in [7, 11) is 0. The molecule has 3 aliphatic rings. The van der Waals surface area contributed by atoms with Gasteiger partial charge in [0.2, 0.25) is 5.91 Å². The molecule has 0 spiro atoms. The smallest absolute Gasteiger partial charge is 0.254 e. The second-order valence-corrected chi connectivity index (χ2v) is 9.27. The van der Waals surface area contributed by atoms with E-state index in [4.69, 9.17) is 4.98 Å². The molecule has 32 heavy (non-hydrogen) atoms. The Morgan fingerprint density at radius 2 is 1.88 bits per heavy atom. The molecule has 0 unspecified atom stereocenters. The first-order chi connectivity index (χ1) is 15.4. The van der Waals surface area contributed by atoms with Crippen LogP contribution in [0.5, 0.6) is 0 Å². The Hall–Kier alpha value is -3.23. The molecule has 3 fully saturated rings. The molecule has 2 amide bonds. The standard InChI is InChI=1S/C23H28N6O3/c1-13(30)8-14-2-4-17(5-3-14)25-19-11-20(26-18-6-7-18)29-22(27-19)16(12-24-29)9-15-10-21(31)28-23(15)32/h9,11-12,14,17-18,26H,2-8,10H2,1H3,(H,25,27)(H,28,31,32)/b15-9+. The highest BCUT2D eigenvalue weighted by Crippen LogP contribution is 2.31. The molecule has 2 aliphatic carbocycles. The number of amides is 2. The Morgan fingerprint density at radius 3 is 2.53 bits per heavy atom. The van der Waals surface area contributed by atoms with Crippen LogP contribution >= 0.6 is 0 Å². The van der Waals surface area contributed by atoms with E-state index < -0.39 is 0 Å². The van der Waals surface area contributed by atoms with E-state index in [2.05, 4.69) is 21.0 Å². The number of anilines is 2. The molecule has 9 heteroatoms. The van der Waals surface area contributed by atoms with E-state index in [9.17, 15) is 14.4 Å².